The lowest BCUT2D eigenvalue weighted by atomic mass is 9.84. The Labute approximate surface area is 347 Å². The summed E-state index contributed by atoms with van der Waals surface area (Å²) in [5.41, 5.74) is 12.2. The summed E-state index contributed by atoms with van der Waals surface area (Å²) in [4.78, 5) is 2.39. The highest BCUT2D eigenvalue weighted by atomic mass is 16.3. The lowest BCUT2D eigenvalue weighted by Crippen LogP contribution is -2.10. The van der Waals surface area contributed by atoms with Crippen molar-refractivity contribution < 1.29 is 4.42 Å². The van der Waals surface area contributed by atoms with Crippen LogP contribution in [0, 0.1) is 0 Å². The van der Waals surface area contributed by atoms with Crippen LogP contribution in [0.25, 0.3) is 98.4 Å². The zero-order valence-corrected chi connectivity index (χ0v) is 32.7. The molecule has 2 nitrogen and oxygen atoms in total. The van der Waals surface area contributed by atoms with E-state index in [-0.39, 0.29) is 0 Å². The minimum Gasteiger partial charge on any atom is -0.456 e. The van der Waals surface area contributed by atoms with Gasteiger partial charge >= 0.3 is 0 Å². The van der Waals surface area contributed by atoms with Crippen LogP contribution in [0.2, 0.25) is 0 Å². The summed E-state index contributed by atoms with van der Waals surface area (Å²) in [7, 11) is 0. The molecule has 60 heavy (non-hydrogen) atoms. The number of benzene rings is 11. The van der Waals surface area contributed by atoms with Gasteiger partial charge in [0.15, 0.2) is 0 Å². The van der Waals surface area contributed by atoms with Crippen molar-refractivity contribution in [1.82, 2.24) is 0 Å². The molecule has 280 valence electrons. The van der Waals surface area contributed by atoms with Crippen LogP contribution in [-0.2, 0) is 0 Å². The molecule has 1 heterocycles. The van der Waals surface area contributed by atoms with E-state index in [9.17, 15) is 0 Å². The van der Waals surface area contributed by atoms with Crippen molar-refractivity contribution in [2.75, 3.05) is 4.90 Å². The highest BCUT2D eigenvalue weighted by molar-refractivity contribution is 6.22. The van der Waals surface area contributed by atoms with Crippen LogP contribution in [0.3, 0.4) is 0 Å². The highest BCUT2D eigenvalue weighted by Crippen LogP contribution is 2.47. The fraction of sp³-hybridized carbons (Fsp3) is 0. The predicted molar refractivity (Wildman–Crippen MR) is 255 cm³/mol. The summed E-state index contributed by atoms with van der Waals surface area (Å²) in [6.45, 7) is 0. The Kier molecular flexibility index (Phi) is 7.89. The number of fused-ring (bicyclic) bond motifs is 9. The van der Waals surface area contributed by atoms with Crippen molar-refractivity contribution in [3.63, 3.8) is 0 Å². The molecule has 0 saturated carbocycles. The van der Waals surface area contributed by atoms with Gasteiger partial charge in [0.1, 0.15) is 11.2 Å². The Hall–Kier alpha value is -7.94. The Balaban J connectivity index is 1.09. The van der Waals surface area contributed by atoms with Crippen molar-refractivity contribution in [2.24, 2.45) is 0 Å². The summed E-state index contributed by atoms with van der Waals surface area (Å²) in [6.07, 6.45) is 0. The molecule has 0 amide bonds. The monoisotopic (exact) mass is 763 g/mol. The van der Waals surface area contributed by atoms with E-state index in [4.69, 9.17) is 4.42 Å². The zero-order chi connectivity index (χ0) is 39.6. The number of nitrogens with zero attached hydrogens (tertiary/aromatic N) is 1. The molecule has 0 fully saturated rings. The minimum atomic E-state index is 0.866. The Bertz CT molecular complexity index is 3600. The third-order valence-corrected chi connectivity index (χ3v) is 12.2. The first-order valence-corrected chi connectivity index (χ1v) is 20.6. The first kappa shape index (κ1) is 34.1. The maximum absolute atomic E-state index is 6.49. The molecule has 2 heteroatoms. The van der Waals surface area contributed by atoms with Crippen molar-refractivity contribution in [1.29, 1.82) is 0 Å². The number of para-hydroxylation sites is 1. The number of rotatable bonds is 6. The van der Waals surface area contributed by atoms with Gasteiger partial charge in [0.05, 0.1) is 5.69 Å². The van der Waals surface area contributed by atoms with Crippen LogP contribution in [0.15, 0.2) is 229 Å². The Morgan fingerprint density at radius 3 is 1.62 bits per heavy atom. The topological polar surface area (TPSA) is 16.4 Å². The van der Waals surface area contributed by atoms with Gasteiger partial charge in [0.2, 0.25) is 0 Å². The summed E-state index contributed by atoms with van der Waals surface area (Å²) in [6, 6.07) is 81.3. The molecule has 1 aromatic heterocycles. The molecule has 12 rings (SSSR count). The molecule has 0 N–H and O–H groups in total. The molecule has 0 saturated heterocycles. The molecule has 0 aliphatic heterocycles. The van der Waals surface area contributed by atoms with E-state index in [0.29, 0.717) is 0 Å². The quantitative estimate of drug-likeness (QED) is 0.157. The van der Waals surface area contributed by atoms with Gasteiger partial charge in [0.25, 0.3) is 0 Å². The van der Waals surface area contributed by atoms with Crippen LogP contribution in [0.5, 0.6) is 0 Å². The van der Waals surface area contributed by atoms with Crippen molar-refractivity contribution >= 4 is 82.1 Å². The molecule has 0 atom stereocenters. The van der Waals surface area contributed by atoms with E-state index in [1.807, 2.05) is 12.1 Å². The van der Waals surface area contributed by atoms with Gasteiger partial charge in [-0.3, -0.25) is 0 Å². The van der Waals surface area contributed by atoms with Crippen LogP contribution in [0.1, 0.15) is 0 Å². The van der Waals surface area contributed by atoms with Gasteiger partial charge < -0.3 is 9.32 Å². The van der Waals surface area contributed by atoms with Crippen LogP contribution >= 0.6 is 0 Å². The SMILES string of the molecule is c1ccc(-c2c(-c3ccccc3)c3cc(-c4cccc(N(c5ccc6c(c5)oc5ccccc56)c5cccc6c5ccc5ccccc56)c4)ccc3c3ccccc23)cc1. The lowest BCUT2D eigenvalue weighted by molar-refractivity contribution is 0.669. The molecule has 0 spiro atoms. The second-order valence-corrected chi connectivity index (χ2v) is 15.6. The first-order valence-electron chi connectivity index (χ1n) is 20.6. The number of anilines is 3. The molecule has 0 bridgehead atoms. The highest BCUT2D eigenvalue weighted by Gasteiger charge is 2.21. The average molecular weight is 764 g/mol. The van der Waals surface area contributed by atoms with Gasteiger partial charge in [-0.1, -0.05) is 176 Å². The van der Waals surface area contributed by atoms with Crippen molar-refractivity contribution in [3.05, 3.63) is 224 Å². The van der Waals surface area contributed by atoms with E-state index in [1.54, 1.807) is 0 Å². The standard InChI is InChI=1S/C58H37NO/c1-3-16-39(17-4-1)57-52-25-10-9-23-47(52)48-32-30-42(36-53(48)58(57)40-18-5-2-6-19-40)41-20-13-21-43(35-41)59(44-31-34-51-50-24-11-12-28-55(50)60-56(51)37-44)54-27-14-26-46-45-22-8-7-15-38(45)29-33-49(46)54/h1-37H. The molecule has 0 radical (unpaired) electrons. The van der Waals surface area contributed by atoms with Gasteiger partial charge in [-0.25, -0.2) is 0 Å². The summed E-state index contributed by atoms with van der Waals surface area (Å²) < 4.78 is 6.49. The largest absolute Gasteiger partial charge is 0.456 e. The van der Waals surface area contributed by atoms with Crippen LogP contribution < -0.4 is 4.90 Å². The van der Waals surface area contributed by atoms with E-state index in [0.717, 1.165) is 50.1 Å². The molecule has 0 aliphatic rings. The molecule has 0 aliphatic carbocycles. The average Bonchev–Trinajstić information content (AvgIpc) is 3.70. The van der Waals surface area contributed by atoms with E-state index in [1.165, 1.54) is 65.3 Å². The molecule has 12 aromatic rings. The second kappa shape index (κ2) is 13.9. The maximum atomic E-state index is 6.49. The van der Waals surface area contributed by atoms with Crippen LogP contribution in [0.4, 0.5) is 17.1 Å². The number of furan rings is 1. The smallest absolute Gasteiger partial charge is 0.137 e. The number of hydrogen-bond acceptors (Lipinski definition) is 2. The zero-order valence-electron chi connectivity index (χ0n) is 32.7. The fourth-order valence-corrected chi connectivity index (χ4v) is 9.50. The summed E-state index contributed by atoms with van der Waals surface area (Å²) >= 11 is 0. The van der Waals surface area contributed by atoms with E-state index in [2.05, 4.69) is 217 Å². The third-order valence-electron chi connectivity index (χ3n) is 12.2. The predicted octanol–water partition coefficient (Wildman–Crippen LogP) is 16.7. The fourth-order valence-electron chi connectivity index (χ4n) is 9.50. The normalized spacial score (nSPS) is 11.7. The van der Waals surface area contributed by atoms with E-state index >= 15 is 0 Å². The molecule has 0 unspecified atom stereocenters. The number of hydrogen-bond donors (Lipinski definition) is 0. The Morgan fingerprint density at radius 2 is 0.800 bits per heavy atom. The molecular formula is C58H37NO. The summed E-state index contributed by atoms with van der Waals surface area (Å²) in [5, 5.41) is 12.1. The molecule has 11 aromatic carbocycles. The second-order valence-electron chi connectivity index (χ2n) is 15.6. The van der Waals surface area contributed by atoms with Gasteiger partial charge in [-0.2, -0.15) is 0 Å². The lowest BCUT2D eigenvalue weighted by Gasteiger charge is -2.27. The van der Waals surface area contributed by atoms with Gasteiger partial charge in [-0.15, -0.1) is 0 Å². The van der Waals surface area contributed by atoms with E-state index < -0.39 is 0 Å². The van der Waals surface area contributed by atoms with Crippen molar-refractivity contribution in [2.45, 2.75) is 0 Å². The van der Waals surface area contributed by atoms with Gasteiger partial charge in [-0.05, 0) is 114 Å². The minimum absolute atomic E-state index is 0.866. The Morgan fingerprint density at radius 1 is 0.267 bits per heavy atom. The summed E-state index contributed by atoms with van der Waals surface area (Å²) in [5.74, 6) is 0. The maximum Gasteiger partial charge on any atom is 0.137 e. The molecular weight excluding hydrogens is 727 g/mol. The van der Waals surface area contributed by atoms with Crippen LogP contribution in [-0.4, -0.2) is 0 Å². The van der Waals surface area contributed by atoms with Crippen molar-refractivity contribution in [3.8, 4) is 33.4 Å². The first-order chi connectivity index (χ1) is 29.8. The third kappa shape index (κ3) is 5.50. The van der Waals surface area contributed by atoms with Gasteiger partial charge in [0, 0.05) is 33.6 Å².